The van der Waals surface area contributed by atoms with Gasteiger partial charge >= 0.3 is 11.9 Å². The fourth-order valence-corrected chi connectivity index (χ4v) is 5.95. The van der Waals surface area contributed by atoms with Gasteiger partial charge in [-0.1, -0.05) is 68.8 Å². The van der Waals surface area contributed by atoms with Crippen LogP contribution in [0.5, 0.6) is 5.75 Å². The summed E-state index contributed by atoms with van der Waals surface area (Å²) in [7, 11) is 1.50. The fraction of sp³-hybridized carbons (Fsp3) is 0.514. The molecule has 2 amide bonds. The first-order valence-electron chi connectivity index (χ1n) is 16.7. The molecule has 4 rings (SSSR count). The van der Waals surface area contributed by atoms with Crippen molar-refractivity contribution in [2.75, 3.05) is 13.7 Å². The van der Waals surface area contributed by atoms with Gasteiger partial charge in [-0.05, 0) is 61.1 Å². The van der Waals surface area contributed by atoms with Crippen LogP contribution < -0.4 is 21.1 Å². The number of epoxide rings is 1. The van der Waals surface area contributed by atoms with Crippen LogP contribution in [-0.4, -0.2) is 61.8 Å². The van der Waals surface area contributed by atoms with E-state index in [0.29, 0.717) is 22.9 Å². The molecular formula is C37H48ClN3O8. The quantitative estimate of drug-likeness (QED) is 0.252. The third-order valence-electron chi connectivity index (χ3n) is 8.82. The van der Waals surface area contributed by atoms with Crippen LogP contribution in [0.4, 0.5) is 0 Å². The van der Waals surface area contributed by atoms with Gasteiger partial charge in [-0.25, -0.2) is 4.79 Å². The first-order chi connectivity index (χ1) is 23.2. The van der Waals surface area contributed by atoms with E-state index in [4.69, 9.17) is 36.3 Å². The van der Waals surface area contributed by atoms with E-state index < -0.39 is 47.4 Å². The highest BCUT2D eigenvalue weighted by Crippen LogP contribution is 2.45. The number of benzene rings is 2. The number of halogens is 1. The Morgan fingerprint density at radius 1 is 1.02 bits per heavy atom. The monoisotopic (exact) mass is 697 g/mol. The van der Waals surface area contributed by atoms with E-state index in [9.17, 15) is 19.2 Å². The normalized spacial score (nSPS) is 26.2. The largest absolute Gasteiger partial charge is 0.495 e. The molecule has 0 saturated carbocycles. The van der Waals surface area contributed by atoms with Crippen LogP contribution >= 0.6 is 11.6 Å². The van der Waals surface area contributed by atoms with Crippen molar-refractivity contribution < 1.29 is 38.1 Å². The Labute approximate surface area is 293 Å². The Kier molecular flexibility index (Phi) is 12.9. The average molecular weight is 698 g/mol. The lowest BCUT2D eigenvalue weighted by Gasteiger charge is -2.29. The molecule has 6 atom stereocenters. The van der Waals surface area contributed by atoms with Gasteiger partial charge in [-0.3, -0.25) is 14.4 Å². The minimum absolute atomic E-state index is 0.0121. The molecule has 2 heterocycles. The molecule has 1 saturated heterocycles. The third-order valence-corrected chi connectivity index (χ3v) is 9.12. The molecule has 11 nitrogen and oxygen atoms in total. The summed E-state index contributed by atoms with van der Waals surface area (Å²) >= 11 is 6.32. The van der Waals surface area contributed by atoms with Gasteiger partial charge in [0.2, 0.25) is 11.8 Å². The Hall–Kier alpha value is -3.93. The predicted octanol–water partition coefficient (Wildman–Crippen LogP) is 4.58. The second-order valence-electron chi connectivity index (χ2n) is 13.8. The molecule has 2 aromatic rings. The molecule has 0 aliphatic carbocycles. The van der Waals surface area contributed by atoms with Gasteiger partial charge in [0.15, 0.2) is 6.10 Å². The van der Waals surface area contributed by atoms with Crippen molar-refractivity contribution >= 4 is 35.4 Å². The summed E-state index contributed by atoms with van der Waals surface area (Å²) in [5.74, 6) is -2.14. The second kappa shape index (κ2) is 16.7. The summed E-state index contributed by atoms with van der Waals surface area (Å²) in [6, 6.07) is 12.0. The van der Waals surface area contributed by atoms with E-state index in [1.807, 2.05) is 45.0 Å². The van der Waals surface area contributed by atoms with Crippen molar-refractivity contribution in [1.29, 1.82) is 0 Å². The van der Waals surface area contributed by atoms with Gasteiger partial charge in [-0.2, -0.15) is 0 Å². The van der Waals surface area contributed by atoms with E-state index >= 15 is 0 Å². The van der Waals surface area contributed by atoms with Crippen molar-refractivity contribution in [2.24, 2.45) is 23.0 Å². The Morgan fingerprint density at radius 2 is 1.71 bits per heavy atom. The highest BCUT2D eigenvalue weighted by Gasteiger charge is 2.48. The number of carbonyl (C=O) groups is 4. The molecule has 2 aliphatic rings. The Bertz CT molecular complexity index is 1530. The smallest absolute Gasteiger partial charge is 0.347 e. The van der Waals surface area contributed by atoms with Crippen LogP contribution in [0.15, 0.2) is 54.6 Å². The van der Waals surface area contributed by atoms with Gasteiger partial charge in [0.05, 0.1) is 23.7 Å². The molecule has 0 bridgehead atoms. The maximum Gasteiger partial charge on any atom is 0.347 e. The van der Waals surface area contributed by atoms with Gasteiger partial charge in [0, 0.05) is 31.8 Å². The average Bonchev–Trinajstić information content (AvgIpc) is 3.86. The van der Waals surface area contributed by atoms with E-state index in [1.165, 1.54) is 13.2 Å². The minimum atomic E-state index is -1.21. The number of ether oxygens (including phenoxy) is 4. The maximum atomic E-state index is 13.6. The number of methoxy groups -OCH3 is 1. The number of hydrogen-bond acceptors (Lipinski definition) is 9. The molecule has 0 radical (unpaired) electrons. The first kappa shape index (κ1) is 37.9. The van der Waals surface area contributed by atoms with Crippen molar-refractivity contribution in [3.05, 3.63) is 76.3 Å². The molecular weight excluding hydrogens is 650 g/mol. The number of esters is 2. The van der Waals surface area contributed by atoms with Gasteiger partial charge in [0.25, 0.3) is 0 Å². The van der Waals surface area contributed by atoms with Crippen LogP contribution in [0.2, 0.25) is 5.02 Å². The molecule has 4 N–H and O–H groups in total. The summed E-state index contributed by atoms with van der Waals surface area (Å²) in [5.41, 5.74) is 7.22. The molecule has 2 unspecified atom stereocenters. The van der Waals surface area contributed by atoms with Crippen LogP contribution in [0.3, 0.4) is 0 Å². The molecule has 2 aliphatic heterocycles. The first-order valence-corrected chi connectivity index (χ1v) is 17.0. The van der Waals surface area contributed by atoms with Crippen LogP contribution in [0, 0.1) is 17.3 Å². The second-order valence-corrected chi connectivity index (χ2v) is 14.2. The lowest BCUT2D eigenvalue weighted by atomic mass is 9.92. The summed E-state index contributed by atoms with van der Waals surface area (Å²) in [4.78, 5) is 53.7. The number of nitrogens with one attached hydrogen (secondary N) is 2. The highest BCUT2D eigenvalue weighted by atomic mass is 35.5. The Morgan fingerprint density at radius 3 is 2.35 bits per heavy atom. The van der Waals surface area contributed by atoms with Gasteiger partial charge < -0.3 is 35.3 Å². The summed E-state index contributed by atoms with van der Waals surface area (Å²) in [5, 5.41) is 5.91. The summed E-state index contributed by atoms with van der Waals surface area (Å²) < 4.78 is 23.1. The molecule has 1 fully saturated rings. The zero-order valence-corrected chi connectivity index (χ0v) is 29.8. The summed E-state index contributed by atoms with van der Waals surface area (Å²) in [6.07, 6.45) is 1.18. The topological polar surface area (TPSA) is 159 Å². The molecule has 0 spiro atoms. The molecule has 0 aromatic heterocycles. The van der Waals surface area contributed by atoms with E-state index in [-0.39, 0.29) is 49.9 Å². The number of cyclic esters (lactones) is 2. The SMILES string of the molecule is COc1ccc(CC2NC(=O)/C=C/CC([C@H](C)[C@H]3O[C@@H]3c3ccc(CN)cc3)OC(=O)[C@H](CC(C)C)OC(=O)C(C)(C)CNC2=O)cc1Cl. The number of amides is 2. The van der Waals surface area contributed by atoms with Crippen molar-refractivity contribution in [3.8, 4) is 5.75 Å². The van der Waals surface area contributed by atoms with Crippen molar-refractivity contribution in [1.82, 2.24) is 10.6 Å². The number of rotatable bonds is 9. The van der Waals surface area contributed by atoms with E-state index in [2.05, 4.69) is 10.6 Å². The molecule has 266 valence electrons. The number of hydrogen-bond donors (Lipinski definition) is 3. The fourth-order valence-electron chi connectivity index (χ4n) is 5.67. The lowest BCUT2D eigenvalue weighted by Crippen LogP contribution is -2.51. The van der Waals surface area contributed by atoms with Crippen molar-refractivity contribution in [3.63, 3.8) is 0 Å². The molecule has 49 heavy (non-hydrogen) atoms. The van der Waals surface area contributed by atoms with Gasteiger partial charge in [0.1, 0.15) is 24.0 Å². The van der Waals surface area contributed by atoms with Gasteiger partial charge in [-0.15, -0.1) is 0 Å². The Balaban J connectivity index is 1.60. The predicted molar refractivity (Wildman–Crippen MR) is 185 cm³/mol. The van der Waals surface area contributed by atoms with E-state index in [0.717, 1.165) is 11.1 Å². The van der Waals surface area contributed by atoms with Crippen LogP contribution in [0.1, 0.15) is 70.3 Å². The number of nitrogens with two attached hydrogens (primary N) is 1. The zero-order chi connectivity index (χ0) is 35.9. The third kappa shape index (κ3) is 10.3. The molecule has 12 heteroatoms. The zero-order valence-electron chi connectivity index (χ0n) is 29.0. The van der Waals surface area contributed by atoms with Crippen LogP contribution in [0.25, 0.3) is 0 Å². The van der Waals surface area contributed by atoms with E-state index in [1.54, 1.807) is 38.1 Å². The minimum Gasteiger partial charge on any atom is -0.495 e. The standard InChI is InChI=1S/C37H48ClN3O8/c1-21(2)16-30-35(44)47-28(22(3)32-33(49-32)25-13-10-23(19-39)11-14-25)8-7-9-31(42)41-27(18-24-12-15-29(46-6)26(38)17-24)34(43)40-20-37(4,5)36(45)48-30/h7,9-15,17,21-22,27-28,30,32-33H,8,16,18-20,39H2,1-6H3,(H,40,43)(H,41,42)/b9-7+/t22-,27?,28?,30-,32+,33+/m0/s1. The highest BCUT2D eigenvalue weighted by molar-refractivity contribution is 6.32. The molecule has 2 aromatic carbocycles. The summed E-state index contributed by atoms with van der Waals surface area (Å²) in [6.45, 7) is 9.33. The van der Waals surface area contributed by atoms with Crippen LogP contribution in [-0.2, 0) is 46.4 Å². The maximum absolute atomic E-state index is 13.6. The number of carbonyl (C=O) groups excluding carboxylic acids is 4. The lowest BCUT2D eigenvalue weighted by molar-refractivity contribution is -0.179. The van der Waals surface area contributed by atoms with Crippen molar-refractivity contribution in [2.45, 2.75) is 90.9 Å².